The Kier molecular flexibility index (Phi) is 3.01. The molecule has 0 aliphatic carbocycles. The number of aromatic nitrogens is 1. The normalized spacial score (nSPS) is 14.1. The van der Waals surface area contributed by atoms with Gasteiger partial charge in [0.15, 0.2) is 0 Å². The van der Waals surface area contributed by atoms with E-state index in [1.54, 1.807) is 24.1 Å². The van der Waals surface area contributed by atoms with Crippen LogP contribution in [0.1, 0.15) is 35.8 Å². The SMILES string of the molecule is CC(C)n1cc2c3c(cc(C(=O)O)cc31)N(C)SC=C2. The Hall–Kier alpha value is -1.88. The number of aromatic carboxylic acids is 1. The molecule has 0 unspecified atom stereocenters. The molecule has 0 spiro atoms. The Bertz CT molecular complexity index is 731. The topological polar surface area (TPSA) is 45.5 Å². The van der Waals surface area contributed by atoms with Crippen molar-refractivity contribution in [1.82, 2.24) is 4.57 Å². The van der Waals surface area contributed by atoms with Gasteiger partial charge in [0.1, 0.15) is 0 Å². The number of hydrogen-bond donors (Lipinski definition) is 1. The lowest BCUT2D eigenvalue weighted by molar-refractivity contribution is 0.0697. The van der Waals surface area contributed by atoms with Gasteiger partial charge in [0.25, 0.3) is 0 Å². The summed E-state index contributed by atoms with van der Waals surface area (Å²) in [6, 6.07) is 3.80. The molecule has 0 bridgehead atoms. The van der Waals surface area contributed by atoms with Gasteiger partial charge in [0.05, 0.1) is 16.8 Å². The van der Waals surface area contributed by atoms with Crippen LogP contribution in [0, 0.1) is 0 Å². The molecule has 0 amide bonds. The highest BCUT2D eigenvalue weighted by molar-refractivity contribution is 8.03. The van der Waals surface area contributed by atoms with E-state index in [0.717, 1.165) is 22.2 Å². The van der Waals surface area contributed by atoms with E-state index in [9.17, 15) is 9.90 Å². The molecular weight excluding hydrogens is 272 g/mol. The summed E-state index contributed by atoms with van der Waals surface area (Å²) in [6.07, 6.45) is 4.18. The van der Waals surface area contributed by atoms with Crippen LogP contribution in [0.15, 0.2) is 23.7 Å². The molecule has 4 nitrogen and oxygen atoms in total. The predicted octanol–water partition coefficient (Wildman–Crippen LogP) is 3.99. The van der Waals surface area contributed by atoms with Gasteiger partial charge in [0.2, 0.25) is 0 Å². The van der Waals surface area contributed by atoms with Crippen molar-refractivity contribution in [2.45, 2.75) is 19.9 Å². The maximum Gasteiger partial charge on any atom is 0.335 e. The van der Waals surface area contributed by atoms with Gasteiger partial charge in [0, 0.05) is 30.2 Å². The molecule has 0 fully saturated rings. The maximum absolute atomic E-state index is 11.4. The van der Waals surface area contributed by atoms with Gasteiger partial charge in [-0.3, -0.25) is 0 Å². The van der Waals surface area contributed by atoms with E-state index < -0.39 is 5.97 Å². The van der Waals surface area contributed by atoms with E-state index in [-0.39, 0.29) is 6.04 Å². The van der Waals surface area contributed by atoms with Crippen LogP contribution >= 0.6 is 11.9 Å². The van der Waals surface area contributed by atoms with E-state index in [1.165, 1.54) is 0 Å². The number of carboxylic acids is 1. The zero-order valence-electron chi connectivity index (χ0n) is 11.6. The molecule has 1 aliphatic rings. The molecule has 0 atom stereocenters. The number of benzene rings is 1. The zero-order valence-corrected chi connectivity index (χ0v) is 12.4. The van der Waals surface area contributed by atoms with Crippen molar-refractivity contribution >= 4 is 40.6 Å². The van der Waals surface area contributed by atoms with Crippen LogP contribution in [0.3, 0.4) is 0 Å². The standard InChI is InChI=1S/C15H16N2O2S/c1-9(2)17-8-10-4-5-20-16(3)12-6-11(15(18)19)7-13(17)14(10)12/h4-9H,1-3H3,(H,18,19). The second kappa shape index (κ2) is 4.59. The summed E-state index contributed by atoms with van der Waals surface area (Å²) < 4.78 is 4.14. The molecule has 1 aliphatic heterocycles. The molecule has 1 aromatic heterocycles. The largest absolute Gasteiger partial charge is 0.478 e. The van der Waals surface area contributed by atoms with Gasteiger partial charge < -0.3 is 14.0 Å². The first-order valence-corrected chi connectivity index (χ1v) is 7.31. The van der Waals surface area contributed by atoms with Gasteiger partial charge in [-0.2, -0.15) is 0 Å². The second-order valence-corrected chi connectivity index (χ2v) is 6.22. The van der Waals surface area contributed by atoms with Crippen molar-refractivity contribution in [3.8, 4) is 0 Å². The summed E-state index contributed by atoms with van der Waals surface area (Å²) in [5.74, 6) is -0.892. The Morgan fingerprint density at radius 2 is 2.10 bits per heavy atom. The highest BCUT2D eigenvalue weighted by Crippen LogP contribution is 2.39. The summed E-state index contributed by atoms with van der Waals surface area (Å²) in [5, 5.41) is 12.5. The summed E-state index contributed by atoms with van der Waals surface area (Å²) >= 11 is 1.56. The molecule has 2 heterocycles. The molecule has 1 aromatic carbocycles. The third-order valence-corrected chi connectivity index (χ3v) is 4.32. The van der Waals surface area contributed by atoms with Crippen molar-refractivity contribution in [3.05, 3.63) is 34.9 Å². The molecule has 2 aromatic rings. The van der Waals surface area contributed by atoms with Crippen LogP contribution in [0.2, 0.25) is 0 Å². The molecule has 0 radical (unpaired) electrons. The van der Waals surface area contributed by atoms with Crippen molar-refractivity contribution in [1.29, 1.82) is 0 Å². The average molecular weight is 288 g/mol. The lowest BCUT2D eigenvalue weighted by Gasteiger charge is -2.18. The number of rotatable bonds is 2. The summed E-state index contributed by atoms with van der Waals surface area (Å²) in [5.41, 5.74) is 3.39. The van der Waals surface area contributed by atoms with Gasteiger partial charge in [-0.15, -0.1) is 0 Å². The van der Waals surface area contributed by atoms with E-state index in [0.29, 0.717) is 5.56 Å². The minimum atomic E-state index is -0.892. The van der Waals surface area contributed by atoms with Crippen molar-refractivity contribution in [2.24, 2.45) is 0 Å². The van der Waals surface area contributed by atoms with Crippen molar-refractivity contribution < 1.29 is 9.90 Å². The monoisotopic (exact) mass is 288 g/mol. The molecule has 104 valence electrons. The van der Waals surface area contributed by atoms with Crippen LogP contribution in [0.5, 0.6) is 0 Å². The van der Waals surface area contributed by atoms with Gasteiger partial charge in [-0.1, -0.05) is 0 Å². The van der Waals surface area contributed by atoms with Crippen LogP contribution < -0.4 is 4.31 Å². The lowest BCUT2D eigenvalue weighted by Crippen LogP contribution is -2.08. The van der Waals surface area contributed by atoms with Crippen molar-refractivity contribution in [3.63, 3.8) is 0 Å². The quantitative estimate of drug-likeness (QED) is 0.849. The zero-order chi connectivity index (χ0) is 14.4. The first kappa shape index (κ1) is 13.1. The highest BCUT2D eigenvalue weighted by Gasteiger charge is 2.20. The van der Waals surface area contributed by atoms with Crippen LogP contribution in [-0.4, -0.2) is 22.7 Å². The van der Waals surface area contributed by atoms with Crippen LogP contribution in [0.25, 0.3) is 17.0 Å². The number of carbonyl (C=O) groups is 1. The molecule has 3 rings (SSSR count). The maximum atomic E-state index is 11.4. The Labute approximate surface area is 121 Å². The van der Waals surface area contributed by atoms with Gasteiger partial charge in [-0.25, -0.2) is 4.79 Å². The molecule has 0 saturated carbocycles. The Morgan fingerprint density at radius 1 is 1.35 bits per heavy atom. The van der Waals surface area contributed by atoms with Crippen LogP contribution in [0.4, 0.5) is 5.69 Å². The third kappa shape index (κ3) is 1.89. The molecule has 20 heavy (non-hydrogen) atoms. The van der Waals surface area contributed by atoms with E-state index >= 15 is 0 Å². The molecule has 0 saturated heterocycles. The first-order valence-electron chi connectivity index (χ1n) is 6.48. The first-order chi connectivity index (χ1) is 9.49. The highest BCUT2D eigenvalue weighted by atomic mass is 32.2. The summed E-state index contributed by atoms with van der Waals surface area (Å²) in [4.78, 5) is 11.4. The van der Waals surface area contributed by atoms with Crippen molar-refractivity contribution in [2.75, 3.05) is 11.4 Å². The molecule has 5 heteroatoms. The third-order valence-electron chi connectivity index (χ3n) is 3.55. The Balaban J connectivity index is 2.43. The number of carboxylic acid groups (broad SMARTS) is 1. The number of anilines is 1. The number of hydrogen-bond acceptors (Lipinski definition) is 3. The molecule has 1 N–H and O–H groups in total. The van der Waals surface area contributed by atoms with Crippen LogP contribution in [-0.2, 0) is 0 Å². The fourth-order valence-corrected chi connectivity index (χ4v) is 3.22. The lowest BCUT2D eigenvalue weighted by atomic mass is 10.1. The van der Waals surface area contributed by atoms with E-state index in [2.05, 4.69) is 30.7 Å². The smallest absolute Gasteiger partial charge is 0.335 e. The van der Waals surface area contributed by atoms with E-state index in [4.69, 9.17) is 0 Å². The van der Waals surface area contributed by atoms with E-state index in [1.807, 2.05) is 16.8 Å². The minimum absolute atomic E-state index is 0.286. The fourth-order valence-electron chi connectivity index (χ4n) is 2.57. The van der Waals surface area contributed by atoms with Gasteiger partial charge in [-0.05, 0) is 49.4 Å². The summed E-state index contributed by atoms with van der Waals surface area (Å²) in [7, 11) is 1.96. The second-order valence-electron chi connectivity index (χ2n) is 5.19. The molecular formula is C15H16N2O2S. The fraction of sp³-hybridized carbons (Fsp3) is 0.267. The van der Waals surface area contributed by atoms with Gasteiger partial charge >= 0.3 is 5.97 Å². The minimum Gasteiger partial charge on any atom is -0.478 e. The number of nitrogens with zero attached hydrogens (tertiary/aromatic N) is 2. The predicted molar refractivity (Wildman–Crippen MR) is 84.3 cm³/mol. The summed E-state index contributed by atoms with van der Waals surface area (Å²) in [6.45, 7) is 4.20. The average Bonchev–Trinajstić information content (AvgIpc) is 2.68. The Morgan fingerprint density at radius 3 is 2.75 bits per heavy atom.